The Balaban J connectivity index is 2.19. The molecule has 0 saturated carbocycles. The van der Waals surface area contributed by atoms with Gasteiger partial charge in [-0.1, -0.05) is 6.92 Å². The molecule has 6 heteroatoms. The molecule has 1 aromatic rings. The van der Waals surface area contributed by atoms with Gasteiger partial charge in [-0.2, -0.15) is 0 Å². The summed E-state index contributed by atoms with van der Waals surface area (Å²) >= 11 is 0. The highest BCUT2D eigenvalue weighted by Gasteiger charge is 2.05. The highest BCUT2D eigenvalue weighted by Crippen LogP contribution is 2.06. The van der Waals surface area contributed by atoms with E-state index in [4.69, 9.17) is 9.47 Å². The predicted octanol–water partition coefficient (Wildman–Crippen LogP) is 1.69. The number of carbonyl (C=O) groups excluding carboxylic acids is 1. The summed E-state index contributed by atoms with van der Waals surface area (Å²) in [5, 5.41) is 6.04. The quantitative estimate of drug-likeness (QED) is 0.608. The molecule has 0 aromatic carbocycles. The van der Waals surface area contributed by atoms with Gasteiger partial charge in [0.25, 0.3) is 5.91 Å². The summed E-state index contributed by atoms with van der Waals surface area (Å²) in [6.07, 6.45) is 3.50. The van der Waals surface area contributed by atoms with Crippen molar-refractivity contribution < 1.29 is 14.3 Å². The molecule has 0 saturated heterocycles. The second-order valence-corrected chi connectivity index (χ2v) is 4.57. The third kappa shape index (κ3) is 7.63. The Morgan fingerprint density at radius 2 is 2.10 bits per heavy atom. The van der Waals surface area contributed by atoms with Gasteiger partial charge < -0.3 is 20.1 Å². The maximum absolute atomic E-state index is 11.9. The summed E-state index contributed by atoms with van der Waals surface area (Å²) in [7, 11) is 1.64. The molecule has 1 rings (SSSR count). The number of rotatable bonds is 11. The van der Waals surface area contributed by atoms with E-state index in [1.165, 1.54) is 0 Å². The fourth-order valence-electron chi connectivity index (χ4n) is 1.61. The van der Waals surface area contributed by atoms with Gasteiger partial charge in [0.05, 0.1) is 25.1 Å². The van der Waals surface area contributed by atoms with E-state index in [-0.39, 0.29) is 5.91 Å². The number of nitrogens with one attached hydrogen (secondary N) is 2. The molecule has 0 aliphatic carbocycles. The van der Waals surface area contributed by atoms with Gasteiger partial charge in [-0.25, -0.2) is 4.98 Å². The third-order valence-electron chi connectivity index (χ3n) is 2.76. The first-order chi connectivity index (χ1) is 10.3. The molecule has 2 N–H and O–H groups in total. The number of carbonyl (C=O) groups is 1. The fourth-order valence-corrected chi connectivity index (χ4v) is 1.61. The van der Waals surface area contributed by atoms with Crippen molar-refractivity contribution in [2.24, 2.45) is 0 Å². The Kier molecular flexibility index (Phi) is 9.15. The molecule has 0 fully saturated rings. The van der Waals surface area contributed by atoms with Crippen molar-refractivity contribution >= 4 is 11.6 Å². The third-order valence-corrected chi connectivity index (χ3v) is 2.76. The van der Waals surface area contributed by atoms with Crippen LogP contribution in [0.5, 0.6) is 0 Å². The molecule has 0 aliphatic rings. The molecule has 21 heavy (non-hydrogen) atoms. The highest BCUT2D eigenvalue weighted by molar-refractivity contribution is 5.92. The van der Waals surface area contributed by atoms with Crippen LogP contribution in [-0.2, 0) is 9.47 Å². The van der Waals surface area contributed by atoms with Crippen molar-refractivity contribution in [1.82, 2.24) is 10.3 Å². The van der Waals surface area contributed by atoms with Gasteiger partial charge in [-0.05, 0) is 25.0 Å². The first-order valence-electron chi connectivity index (χ1n) is 7.32. The molecule has 0 bridgehead atoms. The Hall–Kier alpha value is -1.66. The molecule has 0 radical (unpaired) electrons. The number of amides is 1. The van der Waals surface area contributed by atoms with E-state index in [1.807, 2.05) is 6.07 Å². The predicted molar refractivity (Wildman–Crippen MR) is 82.7 cm³/mol. The number of ether oxygens (including phenoxy) is 2. The Morgan fingerprint density at radius 3 is 2.76 bits per heavy atom. The molecule has 1 aromatic heterocycles. The van der Waals surface area contributed by atoms with Crippen LogP contribution in [0, 0.1) is 0 Å². The highest BCUT2D eigenvalue weighted by atomic mass is 16.5. The van der Waals surface area contributed by atoms with E-state index in [0.717, 1.165) is 25.1 Å². The van der Waals surface area contributed by atoms with E-state index in [0.29, 0.717) is 32.1 Å². The molecular weight excluding hydrogens is 270 g/mol. The number of hydrogen-bond acceptors (Lipinski definition) is 5. The Morgan fingerprint density at radius 1 is 1.24 bits per heavy atom. The van der Waals surface area contributed by atoms with E-state index >= 15 is 0 Å². The van der Waals surface area contributed by atoms with Gasteiger partial charge in [0.15, 0.2) is 0 Å². The number of hydrogen-bond donors (Lipinski definition) is 2. The second-order valence-electron chi connectivity index (χ2n) is 4.57. The zero-order chi connectivity index (χ0) is 15.3. The zero-order valence-corrected chi connectivity index (χ0v) is 12.9. The van der Waals surface area contributed by atoms with Gasteiger partial charge in [-0.3, -0.25) is 4.79 Å². The van der Waals surface area contributed by atoms with E-state index in [1.54, 1.807) is 19.4 Å². The number of pyridine rings is 1. The second kappa shape index (κ2) is 11.0. The smallest absolute Gasteiger partial charge is 0.269 e. The van der Waals surface area contributed by atoms with Crippen molar-refractivity contribution in [3.8, 4) is 0 Å². The van der Waals surface area contributed by atoms with Crippen LogP contribution in [0.3, 0.4) is 0 Å². The van der Waals surface area contributed by atoms with Crippen molar-refractivity contribution in [2.75, 3.05) is 45.3 Å². The van der Waals surface area contributed by atoms with Crippen LogP contribution in [0.25, 0.3) is 0 Å². The van der Waals surface area contributed by atoms with Crippen LogP contribution >= 0.6 is 0 Å². The Labute approximate surface area is 126 Å². The van der Waals surface area contributed by atoms with Crippen molar-refractivity contribution in [2.45, 2.75) is 19.8 Å². The zero-order valence-electron chi connectivity index (χ0n) is 12.9. The minimum atomic E-state index is -0.158. The van der Waals surface area contributed by atoms with Gasteiger partial charge in [0, 0.05) is 26.8 Å². The summed E-state index contributed by atoms with van der Waals surface area (Å²) in [6.45, 7) is 5.35. The number of aromatic nitrogens is 1. The lowest BCUT2D eigenvalue weighted by atomic mass is 10.3. The monoisotopic (exact) mass is 295 g/mol. The number of nitrogens with zero attached hydrogens (tertiary/aromatic N) is 1. The Bertz CT molecular complexity index is 396. The first-order valence-corrected chi connectivity index (χ1v) is 7.32. The van der Waals surface area contributed by atoms with Crippen LogP contribution in [-0.4, -0.2) is 50.9 Å². The molecule has 6 nitrogen and oxygen atoms in total. The van der Waals surface area contributed by atoms with Gasteiger partial charge in [-0.15, -0.1) is 0 Å². The molecule has 118 valence electrons. The van der Waals surface area contributed by atoms with Gasteiger partial charge in [0.1, 0.15) is 5.69 Å². The van der Waals surface area contributed by atoms with Crippen LogP contribution in [0.2, 0.25) is 0 Å². The van der Waals surface area contributed by atoms with Gasteiger partial charge >= 0.3 is 0 Å². The normalized spacial score (nSPS) is 10.4. The average Bonchev–Trinajstić information content (AvgIpc) is 2.52. The lowest BCUT2D eigenvalue weighted by Gasteiger charge is -2.07. The van der Waals surface area contributed by atoms with Crippen LogP contribution in [0.4, 0.5) is 5.69 Å². The molecule has 0 atom stereocenters. The lowest BCUT2D eigenvalue weighted by molar-refractivity contribution is 0.0688. The lowest BCUT2D eigenvalue weighted by Crippen LogP contribution is -2.26. The summed E-state index contributed by atoms with van der Waals surface area (Å²) in [5.74, 6) is -0.158. The maximum Gasteiger partial charge on any atom is 0.269 e. The summed E-state index contributed by atoms with van der Waals surface area (Å²) in [6, 6.07) is 3.59. The van der Waals surface area contributed by atoms with E-state index in [9.17, 15) is 4.79 Å². The molecule has 0 unspecified atom stereocenters. The number of methoxy groups -OCH3 is 1. The minimum absolute atomic E-state index is 0.158. The summed E-state index contributed by atoms with van der Waals surface area (Å²) < 4.78 is 10.2. The molecular formula is C15H25N3O3. The first kappa shape index (κ1) is 17.4. The molecule has 0 spiro atoms. The maximum atomic E-state index is 11.9. The SMILES string of the molecule is CCCNc1ccc(C(=O)NCCCOCCOC)nc1. The minimum Gasteiger partial charge on any atom is -0.384 e. The number of anilines is 1. The van der Waals surface area contributed by atoms with Crippen LogP contribution in [0.1, 0.15) is 30.3 Å². The van der Waals surface area contributed by atoms with E-state index < -0.39 is 0 Å². The van der Waals surface area contributed by atoms with Crippen molar-refractivity contribution in [3.63, 3.8) is 0 Å². The summed E-state index contributed by atoms with van der Waals surface area (Å²) in [5.41, 5.74) is 1.36. The fraction of sp³-hybridized carbons (Fsp3) is 0.600. The topological polar surface area (TPSA) is 72.5 Å². The molecule has 0 aliphatic heterocycles. The molecule has 1 heterocycles. The van der Waals surface area contributed by atoms with Crippen molar-refractivity contribution in [3.05, 3.63) is 24.0 Å². The van der Waals surface area contributed by atoms with Crippen LogP contribution < -0.4 is 10.6 Å². The summed E-state index contributed by atoms with van der Waals surface area (Å²) in [4.78, 5) is 16.0. The standard InChI is InChI=1S/C15H25N3O3/c1-3-7-16-13-5-6-14(18-12-13)15(19)17-8-4-9-21-11-10-20-2/h5-6,12,16H,3-4,7-11H2,1-2H3,(H,17,19). The largest absolute Gasteiger partial charge is 0.384 e. The molecule has 1 amide bonds. The van der Waals surface area contributed by atoms with E-state index in [2.05, 4.69) is 22.5 Å². The average molecular weight is 295 g/mol. The van der Waals surface area contributed by atoms with Crippen LogP contribution in [0.15, 0.2) is 18.3 Å². The van der Waals surface area contributed by atoms with Crippen molar-refractivity contribution in [1.29, 1.82) is 0 Å². The van der Waals surface area contributed by atoms with Gasteiger partial charge in [0.2, 0.25) is 0 Å².